The molecule has 0 fully saturated rings. The van der Waals surface area contributed by atoms with Gasteiger partial charge in [-0.3, -0.25) is 0 Å². The number of rotatable bonds is 7. The number of carbonyl (C=O) groups is 1. The molecule has 150 valence electrons. The van der Waals surface area contributed by atoms with Gasteiger partial charge in [-0.25, -0.2) is 9.78 Å². The fraction of sp³-hybridized carbons (Fsp3) is 0.304. The van der Waals surface area contributed by atoms with Crippen molar-refractivity contribution >= 4 is 27.5 Å². The molecule has 0 aliphatic rings. The molecule has 0 saturated carbocycles. The van der Waals surface area contributed by atoms with Gasteiger partial charge in [0.1, 0.15) is 4.88 Å². The highest BCUT2D eigenvalue weighted by Gasteiger charge is 2.18. The molecule has 0 aliphatic heterocycles. The third kappa shape index (κ3) is 3.85. The highest BCUT2D eigenvalue weighted by atomic mass is 32.1. The average Bonchev–Trinajstić information content (AvgIpc) is 3.38. The predicted octanol–water partition coefficient (Wildman–Crippen LogP) is 6.00. The van der Waals surface area contributed by atoms with Gasteiger partial charge in [-0.05, 0) is 55.5 Å². The van der Waals surface area contributed by atoms with Crippen LogP contribution in [0.25, 0.3) is 27.2 Å². The molecule has 0 atom stereocenters. The molecule has 0 amide bonds. The molecule has 0 unspecified atom stereocenters. The van der Waals surface area contributed by atoms with E-state index in [0.29, 0.717) is 10.8 Å². The van der Waals surface area contributed by atoms with E-state index in [0.717, 1.165) is 41.0 Å². The molecule has 0 spiro atoms. The Morgan fingerprint density at radius 2 is 2.07 bits per heavy atom. The van der Waals surface area contributed by atoms with E-state index in [-0.39, 0.29) is 0 Å². The molecule has 1 aromatic carbocycles. The Bertz CT molecular complexity index is 1150. The van der Waals surface area contributed by atoms with Crippen LogP contribution < -0.4 is 0 Å². The fourth-order valence-electron chi connectivity index (χ4n) is 3.78. The zero-order valence-electron chi connectivity index (χ0n) is 16.9. The number of carboxylic acid groups (broad SMARTS) is 1. The normalized spacial score (nSPS) is 11.6. The second kappa shape index (κ2) is 7.87. The van der Waals surface area contributed by atoms with Crippen LogP contribution in [-0.2, 0) is 6.54 Å². The van der Waals surface area contributed by atoms with Crippen molar-refractivity contribution in [2.75, 3.05) is 0 Å². The maximum absolute atomic E-state index is 11.4. The van der Waals surface area contributed by atoms with E-state index >= 15 is 0 Å². The standard InChI is InChI=1S/C23H25N3O2S/c1-15(2)5-4-9-26-19(12-21-20(26)13-22(29-21)23(27)28)18-7-6-17(11-16(18)3)25-10-8-24-14-25/h6-8,10-15H,4-5,9H2,1-3H3,(H,27,28). The van der Waals surface area contributed by atoms with Crippen molar-refractivity contribution in [3.63, 3.8) is 0 Å². The van der Waals surface area contributed by atoms with Crippen molar-refractivity contribution in [1.82, 2.24) is 14.1 Å². The first-order valence-corrected chi connectivity index (χ1v) is 10.7. The molecule has 4 rings (SSSR count). The summed E-state index contributed by atoms with van der Waals surface area (Å²) in [6.45, 7) is 7.48. The molecule has 0 radical (unpaired) electrons. The Balaban J connectivity index is 1.77. The maximum Gasteiger partial charge on any atom is 0.345 e. The van der Waals surface area contributed by atoms with Gasteiger partial charge in [0.25, 0.3) is 0 Å². The molecular formula is C23H25N3O2S. The van der Waals surface area contributed by atoms with Crippen molar-refractivity contribution in [1.29, 1.82) is 0 Å². The van der Waals surface area contributed by atoms with Crippen LogP contribution in [0, 0.1) is 12.8 Å². The number of hydrogen-bond acceptors (Lipinski definition) is 3. The van der Waals surface area contributed by atoms with Crippen LogP contribution in [0.2, 0.25) is 0 Å². The predicted molar refractivity (Wildman–Crippen MR) is 118 cm³/mol. The van der Waals surface area contributed by atoms with Crippen LogP contribution >= 0.6 is 11.3 Å². The van der Waals surface area contributed by atoms with E-state index < -0.39 is 5.97 Å². The number of nitrogens with zero attached hydrogens (tertiary/aromatic N) is 3. The third-order valence-corrected chi connectivity index (χ3v) is 6.31. The molecular weight excluding hydrogens is 382 g/mol. The number of benzene rings is 1. The van der Waals surface area contributed by atoms with Crippen LogP contribution in [0.5, 0.6) is 0 Å². The van der Waals surface area contributed by atoms with Crippen LogP contribution in [-0.4, -0.2) is 25.2 Å². The Kier molecular flexibility index (Phi) is 5.28. The monoisotopic (exact) mass is 407 g/mol. The van der Waals surface area contributed by atoms with Crippen molar-refractivity contribution in [2.24, 2.45) is 5.92 Å². The van der Waals surface area contributed by atoms with E-state index in [4.69, 9.17) is 0 Å². The summed E-state index contributed by atoms with van der Waals surface area (Å²) in [5.74, 6) is -0.208. The third-order valence-electron chi connectivity index (χ3n) is 5.25. The smallest absolute Gasteiger partial charge is 0.345 e. The van der Waals surface area contributed by atoms with Crippen LogP contribution in [0.1, 0.15) is 41.9 Å². The van der Waals surface area contributed by atoms with Gasteiger partial charge in [0.15, 0.2) is 0 Å². The van der Waals surface area contributed by atoms with Crippen molar-refractivity contribution in [2.45, 2.75) is 40.2 Å². The first-order valence-electron chi connectivity index (χ1n) is 9.89. The zero-order chi connectivity index (χ0) is 20.5. The number of aryl methyl sites for hydroxylation is 2. The van der Waals surface area contributed by atoms with Crippen LogP contribution in [0.15, 0.2) is 49.1 Å². The van der Waals surface area contributed by atoms with Gasteiger partial charge < -0.3 is 14.2 Å². The molecule has 6 heteroatoms. The SMILES string of the molecule is Cc1cc(-n2ccnc2)ccc1-c1cc2sc(C(=O)O)cc2n1CCCC(C)C. The summed E-state index contributed by atoms with van der Waals surface area (Å²) in [4.78, 5) is 16.0. The molecule has 1 N–H and O–H groups in total. The highest BCUT2D eigenvalue weighted by molar-refractivity contribution is 7.20. The number of fused-ring (bicyclic) bond motifs is 1. The lowest BCUT2D eigenvalue weighted by Gasteiger charge is -2.14. The molecule has 0 saturated heterocycles. The van der Waals surface area contributed by atoms with Crippen molar-refractivity contribution < 1.29 is 9.90 Å². The summed E-state index contributed by atoms with van der Waals surface area (Å²) < 4.78 is 5.32. The van der Waals surface area contributed by atoms with E-state index in [2.05, 4.69) is 54.6 Å². The quantitative estimate of drug-likeness (QED) is 0.409. The highest BCUT2D eigenvalue weighted by Crippen LogP contribution is 2.36. The van der Waals surface area contributed by atoms with Gasteiger partial charge in [0.2, 0.25) is 0 Å². The van der Waals surface area contributed by atoms with Crippen LogP contribution in [0.4, 0.5) is 0 Å². The van der Waals surface area contributed by atoms with Gasteiger partial charge in [0, 0.05) is 30.2 Å². The molecule has 0 aliphatic carbocycles. The molecule has 0 bridgehead atoms. The number of hydrogen-bond donors (Lipinski definition) is 1. The van der Waals surface area contributed by atoms with E-state index in [9.17, 15) is 9.90 Å². The summed E-state index contributed by atoms with van der Waals surface area (Å²) in [6.07, 6.45) is 7.72. The number of aromatic nitrogens is 3. The Morgan fingerprint density at radius 1 is 1.24 bits per heavy atom. The van der Waals surface area contributed by atoms with Gasteiger partial charge in [-0.15, -0.1) is 11.3 Å². The number of carboxylic acids is 1. The van der Waals surface area contributed by atoms with Crippen LogP contribution in [0.3, 0.4) is 0 Å². The minimum Gasteiger partial charge on any atom is -0.477 e. The zero-order valence-corrected chi connectivity index (χ0v) is 17.7. The minimum atomic E-state index is -0.859. The lowest BCUT2D eigenvalue weighted by atomic mass is 10.0. The van der Waals surface area contributed by atoms with Crippen molar-refractivity contribution in [3.05, 3.63) is 59.5 Å². The molecule has 3 heterocycles. The summed E-state index contributed by atoms with van der Waals surface area (Å²) in [7, 11) is 0. The van der Waals surface area contributed by atoms with Gasteiger partial charge in [-0.2, -0.15) is 0 Å². The summed E-state index contributed by atoms with van der Waals surface area (Å²) in [5, 5.41) is 9.39. The summed E-state index contributed by atoms with van der Waals surface area (Å²) >= 11 is 1.35. The number of imidazole rings is 1. The second-order valence-corrected chi connectivity index (χ2v) is 8.94. The Labute approximate surface area is 174 Å². The van der Waals surface area contributed by atoms with Crippen molar-refractivity contribution in [3.8, 4) is 16.9 Å². The topological polar surface area (TPSA) is 60.1 Å². The fourth-order valence-corrected chi connectivity index (χ4v) is 4.72. The molecule has 29 heavy (non-hydrogen) atoms. The lowest BCUT2D eigenvalue weighted by molar-refractivity contribution is 0.0702. The molecule has 5 nitrogen and oxygen atoms in total. The lowest BCUT2D eigenvalue weighted by Crippen LogP contribution is -2.03. The number of aromatic carboxylic acids is 1. The van der Waals surface area contributed by atoms with Gasteiger partial charge >= 0.3 is 5.97 Å². The van der Waals surface area contributed by atoms with Gasteiger partial charge in [0.05, 0.1) is 22.2 Å². The average molecular weight is 408 g/mol. The summed E-state index contributed by atoms with van der Waals surface area (Å²) in [6, 6.07) is 10.4. The minimum absolute atomic E-state index is 0.395. The Hall–Kier alpha value is -2.86. The number of thiophene rings is 1. The van der Waals surface area contributed by atoms with E-state index in [1.54, 1.807) is 12.5 Å². The maximum atomic E-state index is 11.4. The Morgan fingerprint density at radius 3 is 2.72 bits per heavy atom. The first kappa shape index (κ1) is 19.5. The largest absolute Gasteiger partial charge is 0.477 e. The second-order valence-electron chi connectivity index (χ2n) is 7.85. The first-order chi connectivity index (χ1) is 13.9. The van der Waals surface area contributed by atoms with E-state index in [1.807, 2.05) is 16.8 Å². The molecule has 3 aromatic heterocycles. The van der Waals surface area contributed by atoms with Gasteiger partial charge in [-0.1, -0.05) is 19.9 Å². The van der Waals surface area contributed by atoms with E-state index in [1.165, 1.54) is 22.5 Å². The molecule has 4 aromatic rings. The summed E-state index contributed by atoms with van der Waals surface area (Å²) in [5.41, 5.74) is 5.62.